The van der Waals surface area contributed by atoms with Crippen molar-refractivity contribution in [2.24, 2.45) is 11.7 Å². The minimum absolute atomic E-state index is 0.00459. The fraction of sp³-hybridized carbons (Fsp3) is 0.571. The number of primary amides is 1. The normalized spacial score (nSPS) is 25.5. The van der Waals surface area contributed by atoms with E-state index in [0.29, 0.717) is 23.9 Å². The van der Waals surface area contributed by atoms with E-state index in [0.717, 1.165) is 0 Å². The molecular weight excluding hydrogens is 448 g/mol. The van der Waals surface area contributed by atoms with Crippen molar-refractivity contribution < 1.29 is 24.9 Å². The molecule has 0 radical (unpaired) electrons. The topological polar surface area (TPSA) is 157 Å². The molecule has 5 atom stereocenters. The number of nitrogens with zero attached hydrogens (tertiary/aromatic N) is 4. The molecular formula is C21H30N6O5S. The van der Waals surface area contributed by atoms with Crippen LogP contribution in [0.25, 0.3) is 0 Å². The highest BCUT2D eigenvalue weighted by molar-refractivity contribution is 7.10. The van der Waals surface area contributed by atoms with E-state index in [9.17, 15) is 20.1 Å². The summed E-state index contributed by atoms with van der Waals surface area (Å²) in [7, 11) is 0. The van der Waals surface area contributed by atoms with Gasteiger partial charge in [0.1, 0.15) is 30.3 Å². The summed E-state index contributed by atoms with van der Waals surface area (Å²) < 4.78 is 5.75. The molecule has 0 aliphatic carbocycles. The maximum absolute atomic E-state index is 11.5. The Morgan fingerprint density at radius 3 is 2.76 bits per heavy atom. The molecule has 2 aliphatic rings. The molecule has 11 nitrogen and oxygen atoms in total. The first kappa shape index (κ1) is 23.6. The van der Waals surface area contributed by atoms with E-state index >= 15 is 0 Å². The minimum atomic E-state index is -1.24. The van der Waals surface area contributed by atoms with E-state index in [1.807, 2.05) is 16.3 Å². The van der Waals surface area contributed by atoms with Crippen molar-refractivity contribution >= 4 is 34.6 Å². The average Bonchev–Trinajstić information content (AvgIpc) is 3.50. The van der Waals surface area contributed by atoms with Gasteiger partial charge in [-0.15, -0.1) is 11.3 Å². The van der Waals surface area contributed by atoms with Crippen LogP contribution in [0.4, 0.5) is 17.3 Å². The molecule has 180 valence electrons. The van der Waals surface area contributed by atoms with Crippen LogP contribution in [0, 0.1) is 5.92 Å². The number of thiophene rings is 1. The molecule has 0 saturated carbocycles. The highest BCUT2D eigenvalue weighted by Gasteiger charge is 2.48. The van der Waals surface area contributed by atoms with Gasteiger partial charge >= 0.3 is 0 Å². The van der Waals surface area contributed by atoms with Crippen LogP contribution >= 0.6 is 11.3 Å². The quantitative estimate of drug-likeness (QED) is 0.338. The monoisotopic (exact) mass is 478 g/mol. The molecule has 2 aliphatic heterocycles. The molecule has 33 heavy (non-hydrogen) atoms. The van der Waals surface area contributed by atoms with E-state index < -0.39 is 37.1 Å². The number of aromatic nitrogens is 2. The molecule has 2 aromatic rings. The number of rotatable bonds is 9. The van der Waals surface area contributed by atoms with Gasteiger partial charge in [0.2, 0.25) is 5.91 Å². The Balaban J connectivity index is 1.69. The third-order valence-electron chi connectivity index (χ3n) is 5.98. The van der Waals surface area contributed by atoms with Crippen LogP contribution in [0.15, 0.2) is 23.8 Å². The van der Waals surface area contributed by atoms with Crippen LogP contribution < -0.4 is 20.9 Å². The number of aliphatic hydroxyl groups is 3. The molecule has 1 saturated heterocycles. The Labute approximate surface area is 195 Å². The first-order chi connectivity index (χ1) is 15.8. The number of nitrogens with two attached hydrogens (primary N) is 1. The lowest BCUT2D eigenvalue weighted by atomic mass is 10.0. The summed E-state index contributed by atoms with van der Waals surface area (Å²) in [6, 6.07) is 4.08. The highest BCUT2D eigenvalue weighted by Crippen LogP contribution is 2.43. The van der Waals surface area contributed by atoms with Crippen molar-refractivity contribution in [3.63, 3.8) is 0 Å². The fourth-order valence-corrected chi connectivity index (χ4v) is 5.20. The summed E-state index contributed by atoms with van der Waals surface area (Å²) in [5.41, 5.74) is 6.06. The Hall–Kier alpha value is -2.51. The van der Waals surface area contributed by atoms with Gasteiger partial charge in [0, 0.05) is 17.8 Å². The summed E-state index contributed by atoms with van der Waals surface area (Å²) >= 11 is 1.66. The number of hydrogen-bond donors (Lipinski definition) is 5. The number of hydrogen-bond acceptors (Lipinski definition) is 11. The number of amides is 1. The number of nitrogens with one attached hydrogen (secondary N) is 1. The zero-order chi connectivity index (χ0) is 23.7. The summed E-state index contributed by atoms with van der Waals surface area (Å²) in [5, 5.41) is 35.9. The van der Waals surface area contributed by atoms with Crippen molar-refractivity contribution in [2.45, 2.75) is 50.8 Å². The lowest BCUT2D eigenvalue weighted by molar-refractivity contribution is -0.117. The Morgan fingerprint density at radius 1 is 1.36 bits per heavy atom. The largest absolute Gasteiger partial charge is 0.394 e. The van der Waals surface area contributed by atoms with Gasteiger partial charge < -0.3 is 40.9 Å². The smallest absolute Gasteiger partial charge is 0.219 e. The lowest BCUT2D eigenvalue weighted by Crippen LogP contribution is -2.46. The molecule has 0 aromatic carbocycles. The van der Waals surface area contributed by atoms with Crippen LogP contribution in [-0.4, -0.2) is 75.6 Å². The highest BCUT2D eigenvalue weighted by atomic mass is 32.1. The molecule has 1 amide bonds. The first-order valence-electron chi connectivity index (χ1n) is 10.9. The second kappa shape index (κ2) is 9.77. The molecule has 3 unspecified atom stereocenters. The van der Waals surface area contributed by atoms with Gasteiger partial charge in [0.25, 0.3) is 0 Å². The summed E-state index contributed by atoms with van der Waals surface area (Å²) in [6.07, 6.45) is -2.75. The first-order valence-corrected chi connectivity index (χ1v) is 11.8. The summed E-state index contributed by atoms with van der Waals surface area (Å²) in [4.78, 5) is 25.2. The lowest BCUT2D eigenvalue weighted by Gasteiger charge is -2.28. The minimum Gasteiger partial charge on any atom is -0.394 e. The van der Waals surface area contributed by atoms with Crippen LogP contribution in [0.1, 0.15) is 31.2 Å². The van der Waals surface area contributed by atoms with Crippen LogP contribution in [-0.2, 0) is 9.53 Å². The molecule has 0 bridgehead atoms. The standard InChI is InChI=1S/C21H30N6O5S/c1-11(2)15(13-4-3-7-33-13)25-19-16-20(24-9-23-19)27(10-26(16)6-5-14(22)29)21-18(31)17(30)12(8-28)32-21/h3-4,7,9,11-12,15,17-18,21,28,30-31H,5-6,8,10H2,1-2H3,(H2,22,29)(H,23,24,25)/t12-,15?,17?,18?,21-/m1/s1. The van der Waals surface area contributed by atoms with E-state index in [2.05, 4.69) is 35.2 Å². The van der Waals surface area contributed by atoms with Gasteiger partial charge in [-0.2, -0.15) is 0 Å². The third kappa shape index (κ3) is 4.62. The van der Waals surface area contributed by atoms with Gasteiger partial charge in [-0.1, -0.05) is 19.9 Å². The number of carbonyl (C=O) groups excluding carboxylic acids is 1. The van der Waals surface area contributed by atoms with Crippen LogP contribution in [0.3, 0.4) is 0 Å². The number of anilines is 3. The third-order valence-corrected chi connectivity index (χ3v) is 6.93. The molecule has 0 spiro atoms. The van der Waals surface area contributed by atoms with E-state index in [1.54, 1.807) is 16.2 Å². The zero-order valence-corrected chi connectivity index (χ0v) is 19.4. The van der Waals surface area contributed by atoms with Crippen molar-refractivity contribution in [3.8, 4) is 0 Å². The van der Waals surface area contributed by atoms with E-state index in [-0.39, 0.29) is 25.0 Å². The fourth-order valence-electron chi connectivity index (χ4n) is 4.25. The molecule has 6 N–H and O–H groups in total. The van der Waals surface area contributed by atoms with E-state index in [4.69, 9.17) is 10.5 Å². The summed E-state index contributed by atoms with van der Waals surface area (Å²) in [5.74, 6) is 0.922. The zero-order valence-electron chi connectivity index (χ0n) is 18.5. The Morgan fingerprint density at radius 2 is 2.15 bits per heavy atom. The van der Waals surface area contributed by atoms with E-state index in [1.165, 1.54) is 11.2 Å². The second-order valence-electron chi connectivity index (χ2n) is 8.60. The molecule has 4 heterocycles. The van der Waals surface area contributed by atoms with Crippen molar-refractivity contribution in [1.29, 1.82) is 0 Å². The van der Waals surface area contributed by atoms with Crippen LogP contribution in [0.2, 0.25) is 0 Å². The number of carbonyl (C=O) groups is 1. The molecule has 1 fully saturated rings. The molecule has 2 aromatic heterocycles. The van der Waals surface area contributed by atoms with Crippen molar-refractivity contribution in [3.05, 3.63) is 28.7 Å². The molecule has 12 heteroatoms. The van der Waals surface area contributed by atoms with Gasteiger partial charge in [-0.05, 0) is 17.4 Å². The van der Waals surface area contributed by atoms with Crippen molar-refractivity contribution in [1.82, 2.24) is 9.97 Å². The van der Waals surface area contributed by atoms with Gasteiger partial charge in [0.05, 0.1) is 19.3 Å². The average molecular weight is 479 g/mol. The van der Waals surface area contributed by atoms with Gasteiger partial charge in [0.15, 0.2) is 17.9 Å². The number of ether oxygens (including phenoxy) is 1. The Kier molecular flexibility index (Phi) is 7.00. The number of fused-ring (bicyclic) bond motifs is 1. The second-order valence-corrected chi connectivity index (χ2v) is 9.58. The maximum atomic E-state index is 11.5. The Bertz CT molecular complexity index is 961. The predicted octanol–water partition coefficient (Wildman–Crippen LogP) is 0.246. The predicted molar refractivity (Wildman–Crippen MR) is 124 cm³/mol. The SMILES string of the molecule is CC(C)C(Nc1ncnc2c1N(CCC(N)=O)CN2[C@@H]1O[C@H](CO)C(O)C1O)c1cccs1. The van der Waals surface area contributed by atoms with Crippen molar-refractivity contribution in [2.75, 3.05) is 34.9 Å². The maximum Gasteiger partial charge on any atom is 0.219 e. The van der Waals surface area contributed by atoms with Gasteiger partial charge in [-0.25, -0.2) is 9.97 Å². The molecule has 4 rings (SSSR count). The van der Waals surface area contributed by atoms with Crippen LogP contribution in [0.5, 0.6) is 0 Å². The summed E-state index contributed by atoms with van der Waals surface area (Å²) in [6.45, 7) is 4.38. The number of aliphatic hydroxyl groups excluding tert-OH is 3. The van der Waals surface area contributed by atoms with Gasteiger partial charge in [-0.3, -0.25) is 4.79 Å².